The van der Waals surface area contributed by atoms with Gasteiger partial charge in [0.2, 0.25) is 0 Å². The minimum atomic E-state index is 0.433. The average molecular weight is 670 g/mol. The third-order valence-corrected chi connectivity index (χ3v) is 8.36. The molecule has 8 rings (SSSR count). The van der Waals surface area contributed by atoms with Crippen molar-refractivity contribution in [1.29, 1.82) is 0 Å². The smallest absolute Gasteiger partial charge is 0.253 e. The van der Waals surface area contributed by atoms with Crippen LogP contribution in [-0.4, -0.2) is 39.5 Å². The van der Waals surface area contributed by atoms with E-state index in [0.29, 0.717) is 46.7 Å². The fourth-order valence-corrected chi connectivity index (χ4v) is 5.73. The highest BCUT2D eigenvalue weighted by Gasteiger charge is 2.23. The first kappa shape index (κ1) is 29.6. The van der Waals surface area contributed by atoms with E-state index in [-0.39, 0.29) is 0 Å². The van der Waals surface area contributed by atoms with Crippen LogP contribution in [0.3, 0.4) is 0 Å². The van der Waals surface area contributed by atoms with Gasteiger partial charge >= 0.3 is 0 Å². The lowest BCUT2D eigenvalue weighted by atomic mass is 10.2. The largest absolute Gasteiger partial charge is 0.262 e. The Kier molecular flexibility index (Phi) is 7.85. The van der Waals surface area contributed by atoms with Crippen molar-refractivity contribution in [3.8, 4) is 11.9 Å². The van der Waals surface area contributed by atoms with Crippen molar-refractivity contribution in [2.24, 2.45) is 0 Å². The molecule has 0 saturated carbocycles. The van der Waals surface area contributed by atoms with Crippen LogP contribution in [0.2, 0.25) is 10.0 Å². The van der Waals surface area contributed by atoms with Crippen molar-refractivity contribution in [1.82, 2.24) is 39.5 Å². The molecule has 10 nitrogen and oxygen atoms in total. The third kappa shape index (κ3) is 6.02. The van der Waals surface area contributed by atoms with Gasteiger partial charge in [-0.25, -0.2) is 14.6 Å². The van der Waals surface area contributed by atoms with Crippen LogP contribution < -0.4 is 10.0 Å². The van der Waals surface area contributed by atoms with E-state index in [1.165, 1.54) is 0 Å². The van der Waals surface area contributed by atoms with Gasteiger partial charge in [0, 0.05) is 51.5 Å². The lowest BCUT2D eigenvalue weighted by molar-refractivity contribution is 0.678. The number of halogens is 2. The molecule has 0 fully saturated rings. The Morgan fingerprint density at radius 1 is 0.583 bits per heavy atom. The molecule has 0 unspecified atom stereocenters. The van der Waals surface area contributed by atoms with Crippen molar-refractivity contribution in [3.05, 3.63) is 155 Å². The molecular weight excluding hydrogens is 643 g/mol. The van der Waals surface area contributed by atoms with Crippen LogP contribution in [0.1, 0.15) is 11.1 Å². The SMILES string of the molecule is Clc1ccc(CN(c2ccnc(-n3cc4ccccc4n3)n2)N(Cc2ccc(Cl)cc2)c2ccnc(-n3ncc4ccccc43)n2)cc1. The fraction of sp³-hybridized carbons (Fsp3) is 0.0556. The van der Waals surface area contributed by atoms with Gasteiger partial charge in [0.25, 0.3) is 11.9 Å². The van der Waals surface area contributed by atoms with Crippen molar-refractivity contribution < 1.29 is 0 Å². The molecule has 234 valence electrons. The molecule has 0 aliphatic heterocycles. The number of hydrogen-bond donors (Lipinski definition) is 0. The van der Waals surface area contributed by atoms with Gasteiger partial charge in [-0.1, -0.05) is 83.9 Å². The molecule has 0 N–H and O–H groups in total. The molecule has 0 aliphatic rings. The molecule has 48 heavy (non-hydrogen) atoms. The van der Waals surface area contributed by atoms with Crippen LogP contribution in [0.15, 0.2) is 134 Å². The molecule has 4 aromatic carbocycles. The lowest BCUT2D eigenvalue weighted by Gasteiger charge is -2.37. The summed E-state index contributed by atoms with van der Waals surface area (Å²) >= 11 is 12.6. The Morgan fingerprint density at radius 3 is 1.79 bits per heavy atom. The topological polar surface area (TPSA) is 93.7 Å². The zero-order valence-electron chi connectivity index (χ0n) is 25.3. The summed E-state index contributed by atoms with van der Waals surface area (Å²) in [6, 6.07) is 35.2. The highest BCUT2D eigenvalue weighted by molar-refractivity contribution is 6.30. The molecule has 0 amide bonds. The van der Waals surface area contributed by atoms with Gasteiger partial charge in [-0.2, -0.15) is 24.8 Å². The van der Waals surface area contributed by atoms with Crippen LogP contribution >= 0.6 is 23.2 Å². The summed E-state index contributed by atoms with van der Waals surface area (Å²) in [6.45, 7) is 0.873. The van der Waals surface area contributed by atoms with Crippen LogP contribution in [0.25, 0.3) is 33.7 Å². The van der Waals surface area contributed by atoms with E-state index < -0.39 is 0 Å². The van der Waals surface area contributed by atoms with Crippen LogP contribution in [-0.2, 0) is 13.1 Å². The van der Waals surface area contributed by atoms with Crippen molar-refractivity contribution >= 4 is 56.6 Å². The van der Waals surface area contributed by atoms with E-state index in [2.05, 4.69) is 25.1 Å². The van der Waals surface area contributed by atoms with Crippen molar-refractivity contribution in [2.45, 2.75) is 13.1 Å². The number of benzene rings is 4. The number of hydrazine groups is 1. The highest BCUT2D eigenvalue weighted by Crippen LogP contribution is 2.27. The normalized spacial score (nSPS) is 11.3. The predicted molar refractivity (Wildman–Crippen MR) is 189 cm³/mol. The minimum absolute atomic E-state index is 0.433. The summed E-state index contributed by atoms with van der Waals surface area (Å²) in [6.07, 6.45) is 7.21. The Hall–Kier alpha value is -5.84. The first-order chi connectivity index (χ1) is 23.6. The Labute approximate surface area is 285 Å². The molecule has 0 bridgehead atoms. The summed E-state index contributed by atoms with van der Waals surface area (Å²) in [5.41, 5.74) is 3.79. The fourth-order valence-electron chi connectivity index (χ4n) is 5.48. The summed E-state index contributed by atoms with van der Waals surface area (Å²) in [5.74, 6) is 2.14. The van der Waals surface area contributed by atoms with Crippen LogP contribution in [0.4, 0.5) is 11.6 Å². The standard InChI is InChI=1S/C36H26Cl2N10/c37-29-13-9-25(10-14-29)22-46(33-17-19-39-35(42-33)45-24-28-6-1-3-7-31(28)44-45)47(23-26-11-15-30(38)16-12-26)34-18-20-40-36(43-34)48-32-8-4-2-5-27(32)21-41-48/h1-21,24H,22-23H2. The number of aromatic nitrogens is 8. The number of rotatable bonds is 9. The summed E-state index contributed by atoms with van der Waals surface area (Å²) in [7, 11) is 0. The monoisotopic (exact) mass is 668 g/mol. The van der Waals surface area contributed by atoms with Gasteiger partial charge in [-0.3, -0.25) is 10.0 Å². The lowest BCUT2D eigenvalue weighted by Crippen LogP contribution is -2.43. The van der Waals surface area contributed by atoms with Crippen LogP contribution in [0.5, 0.6) is 0 Å². The Morgan fingerprint density at radius 2 is 1.15 bits per heavy atom. The molecule has 0 atom stereocenters. The zero-order chi connectivity index (χ0) is 32.5. The van der Waals surface area contributed by atoms with Crippen molar-refractivity contribution in [3.63, 3.8) is 0 Å². The quantitative estimate of drug-likeness (QED) is 0.143. The second-order valence-corrected chi connectivity index (χ2v) is 11.9. The molecule has 0 spiro atoms. The van der Waals surface area contributed by atoms with Gasteiger partial charge in [-0.15, -0.1) is 0 Å². The summed E-state index contributed by atoms with van der Waals surface area (Å²) in [4.78, 5) is 19.3. The minimum Gasteiger partial charge on any atom is -0.262 e. The van der Waals surface area contributed by atoms with E-state index in [1.807, 2.05) is 122 Å². The van der Waals surface area contributed by atoms with Gasteiger partial charge in [0.15, 0.2) is 11.6 Å². The number of anilines is 2. The van der Waals surface area contributed by atoms with Gasteiger partial charge in [-0.05, 0) is 47.5 Å². The van der Waals surface area contributed by atoms with Crippen molar-refractivity contribution in [2.75, 3.05) is 10.0 Å². The summed E-state index contributed by atoms with van der Waals surface area (Å²) < 4.78 is 3.44. The third-order valence-electron chi connectivity index (χ3n) is 7.85. The molecule has 0 aliphatic carbocycles. The number of para-hydroxylation sites is 1. The molecule has 0 radical (unpaired) electrons. The predicted octanol–water partition coefficient (Wildman–Crippen LogP) is 7.88. The summed E-state index contributed by atoms with van der Waals surface area (Å²) in [5, 5.41) is 16.8. The molecule has 4 heterocycles. The molecule has 0 saturated heterocycles. The zero-order valence-corrected chi connectivity index (χ0v) is 26.9. The molecule has 12 heteroatoms. The molecular formula is C36H26Cl2N10. The van der Waals surface area contributed by atoms with E-state index in [4.69, 9.17) is 38.3 Å². The Balaban J connectivity index is 1.27. The van der Waals surface area contributed by atoms with Gasteiger partial charge in [0.1, 0.15) is 0 Å². The number of fused-ring (bicyclic) bond motifs is 2. The second kappa shape index (κ2) is 12.7. The number of nitrogens with zero attached hydrogens (tertiary/aromatic N) is 10. The van der Waals surface area contributed by atoms with E-state index >= 15 is 0 Å². The van der Waals surface area contributed by atoms with E-state index in [9.17, 15) is 0 Å². The molecule has 8 aromatic rings. The second-order valence-electron chi connectivity index (χ2n) is 11.0. The van der Waals surface area contributed by atoms with E-state index in [0.717, 1.165) is 32.9 Å². The Bertz CT molecular complexity index is 2320. The maximum Gasteiger partial charge on any atom is 0.253 e. The van der Waals surface area contributed by atoms with Gasteiger partial charge < -0.3 is 0 Å². The van der Waals surface area contributed by atoms with Gasteiger partial charge in [0.05, 0.1) is 30.3 Å². The molecule has 4 aromatic heterocycles. The van der Waals surface area contributed by atoms with Crippen LogP contribution in [0, 0.1) is 0 Å². The number of hydrogen-bond acceptors (Lipinski definition) is 8. The first-order valence-corrected chi connectivity index (χ1v) is 15.9. The maximum absolute atomic E-state index is 6.28. The van der Waals surface area contributed by atoms with E-state index in [1.54, 1.807) is 21.8 Å². The first-order valence-electron chi connectivity index (χ1n) is 15.2. The average Bonchev–Trinajstić information content (AvgIpc) is 3.77. The maximum atomic E-state index is 6.28. The highest BCUT2D eigenvalue weighted by atomic mass is 35.5.